The van der Waals surface area contributed by atoms with Crippen LogP contribution in [0.3, 0.4) is 0 Å². The molecule has 2 aliphatic rings. The molecule has 1 heterocycles. The van der Waals surface area contributed by atoms with Crippen LogP contribution in [0.1, 0.15) is 13.3 Å². The number of ether oxygens (including phenoxy) is 1. The largest absolute Gasteiger partial charge is 0.512 e. The molecule has 3 atom stereocenters. The molecule has 3 nitrogen and oxygen atoms in total. The van der Waals surface area contributed by atoms with E-state index in [1.54, 1.807) is 18.2 Å². The predicted molar refractivity (Wildman–Crippen MR) is 43.8 cm³/mol. The van der Waals surface area contributed by atoms with Gasteiger partial charge in [-0.05, 0) is 19.1 Å². The summed E-state index contributed by atoms with van der Waals surface area (Å²) in [5, 5.41) is 19.1. The lowest BCUT2D eigenvalue weighted by Gasteiger charge is -2.24. The molecule has 0 amide bonds. The second-order valence-electron chi connectivity index (χ2n) is 3.45. The first-order chi connectivity index (χ1) is 5.62. The van der Waals surface area contributed by atoms with Crippen LogP contribution in [-0.2, 0) is 4.74 Å². The smallest absolute Gasteiger partial charge is 0.119 e. The summed E-state index contributed by atoms with van der Waals surface area (Å²) in [6.45, 7) is 1.91. The summed E-state index contributed by atoms with van der Waals surface area (Å²) >= 11 is 0. The molecule has 1 aliphatic carbocycles. The lowest BCUT2D eigenvalue weighted by Crippen LogP contribution is -2.35. The second-order valence-corrected chi connectivity index (χ2v) is 3.45. The summed E-state index contributed by atoms with van der Waals surface area (Å²) in [5.41, 5.74) is -0.988. The minimum atomic E-state index is -0.988. The van der Waals surface area contributed by atoms with Crippen LogP contribution in [-0.4, -0.2) is 28.0 Å². The average molecular weight is 168 g/mol. The van der Waals surface area contributed by atoms with Crippen molar-refractivity contribution < 1.29 is 14.9 Å². The van der Waals surface area contributed by atoms with Gasteiger partial charge in [0.1, 0.15) is 11.7 Å². The SMILES string of the molecule is CC1OC1C1(O)C=CC=C(O)C1. The highest BCUT2D eigenvalue weighted by molar-refractivity contribution is 5.25. The fourth-order valence-corrected chi connectivity index (χ4v) is 1.64. The van der Waals surface area contributed by atoms with Crippen molar-refractivity contribution in [2.45, 2.75) is 31.2 Å². The molecule has 3 unspecified atom stereocenters. The maximum Gasteiger partial charge on any atom is 0.119 e. The summed E-state index contributed by atoms with van der Waals surface area (Å²) in [6, 6.07) is 0. The monoisotopic (exact) mass is 168 g/mol. The molecule has 0 bridgehead atoms. The van der Waals surface area contributed by atoms with E-state index < -0.39 is 5.60 Å². The Hall–Kier alpha value is -0.800. The maximum absolute atomic E-state index is 9.94. The third-order valence-electron chi connectivity index (χ3n) is 2.34. The molecule has 3 heteroatoms. The molecule has 0 aromatic heterocycles. The van der Waals surface area contributed by atoms with Gasteiger partial charge in [-0.2, -0.15) is 0 Å². The van der Waals surface area contributed by atoms with Gasteiger partial charge in [-0.3, -0.25) is 0 Å². The highest BCUT2D eigenvalue weighted by Gasteiger charge is 2.50. The molecule has 2 rings (SSSR count). The van der Waals surface area contributed by atoms with Crippen molar-refractivity contribution in [2.75, 3.05) is 0 Å². The minimum absolute atomic E-state index is 0.102. The molecule has 1 aliphatic heterocycles. The van der Waals surface area contributed by atoms with Crippen molar-refractivity contribution in [3.8, 4) is 0 Å². The zero-order chi connectivity index (χ0) is 8.77. The average Bonchev–Trinajstić information content (AvgIpc) is 2.66. The van der Waals surface area contributed by atoms with Crippen LogP contribution in [0, 0.1) is 0 Å². The van der Waals surface area contributed by atoms with E-state index in [0.717, 1.165) is 0 Å². The summed E-state index contributed by atoms with van der Waals surface area (Å²) < 4.78 is 5.17. The van der Waals surface area contributed by atoms with Crippen LogP contribution >= 0.6 is 0 Å². The Bertz CT molecular complexity index is 256. The number of hydrogen-bond donors (Lipinski definition) is 2. The van der Waals surface area contributed by atoms with Gasteiger partial charge in [-0.25, -0.2) is 0 Å². The molecule has 66 valence electrons. The number of rotatable bonds is 1. The first kappa shape index (κ1) is 7.83. The molecule has 0 saturated carbocycles. The highest BCUT2D eigenvalue weighted by atomic mass is 16.6. The topological polar surface area (TPSA) is 53.0 Å². The van der Waals surface area contributed by atoms with E-state index in [-0.39, 0.29) is 24.4 Å². The minimum Gasteiger partial charge on any atom is -0.512 e. The molecule has 0 aromatic carbocycles. The first-order valence-corrected chi connectivity index (χ1v) is 4.07. The first-order valence-electron chi connectivity index (χ1n) is 4.07. The van der Waals surface area contributed by atoms with Crippen LogP contribution in [0.5, 0.6) is 0 Å². The van der Waals surface area contributed by atoms with Crippen molar-refractivity contribution in [1.29, 1.82) is 0 Å². The van der Waals surface area contributed by atoms with Crippen LogP contribution in [0.2, 0.25) is 0 Å². The van der Waals surface area contributed by atoms with E-state index >= 15 is 0 Å². The molecule has 0 radical (unpaired) electrons. The lowest BCUT2D eigenvalue weighted by molar-refractivity contribution is 0.0470. The Morgan fingerprint density at radius 2 is 2.33 bits per heavy atom. The third-order valence-corrected chi connectivity index (χ3v) is 2.34. The summed E-state index contributed by atoms with van der Waals surface area (Å²) in [5.74, 6) is 0.211. The number of aliphatic hydroxyl groups is 2. The second kappa shape index (κ2) is 2.34. The van der Waals surface area contributed by atoms with Crippen molar-refractivity contribution >= 4 is 0 Å². The Morgan fingerprint density at radius 1 is 1.67 bits per heavy atom. The third kappa shape index (κ3) is 1.15. The van der Waals surface area contributed by atoms with Gasteiger partial charge in [-0.15, -0.1) is 0 Å². The van der Waals surface area contributed by atoms with Crippen LogP contribution < -0.4 is 0 Å². The van der Waals surface area contributed by atoms with Gasteiger partial charge in [0.05, 0.1) is 11.9 Å². The van der Waals surface area contributed by atoms with Crippen molar-refractivity contribution in [2.24, 2.45) is 0 Å². The summed E-state index contributed by atoms with van der Waals surface area (Å²) in [7, 11) is 0. The van der Waals surface area contributed by atoms with Gasteiger partial charge < -0.3 is 14.9 Å². The van der Waals surface area contributed by atoms with Crippen molar-refractivity contribution in [1.82, 2.24) is 0 Å². The number of allylic oxidation sites excluding steroid dienone is 2. The Labute approximate surface area is 71.0 Å². The lowest BCUT2D eigenvalue weighted by atomic mass is 9.89. The number of aliphatic hydroxyl groups excluding tert-OH is 1. The molecular formula is C9H12O3. The summed E-state index contributed by atoms with van der Waals surface area (Å²) in [4.78, 5) is 0. The van der Waals surface area contributed by atoms with E-state index in [9.17, 15) is 10.2 Å². The van der Waals surface area contributed by atoms with Crippen molar-refractivity contribution in [3.63, 3.8) is 0 Å². The molecule has 1 fully saturated rings. The zero-order valence-corrected chi connectivity index (χ0v) is 6.90. The van der Waals surface area contributed by atoms with Gasteiger partial charge in [0, 0.05) is 6.42 Å². The van der Waals surface area contributed by atoms with Gasteiger partial charge in [0.2, 0.25) is 0 Å². The van der Waals surface area contributed by atoms with E-state index in [1.165, 1.54) is 0 Å². The number of epoxide rings is 1. The van der Waals surface area contributed by atoms with Crippen LogP contribution in [0.15, 0.2) is 24.0 Å². The fourth-order valence-electron chi connectivity index (χ4n) is 1.64. The Morgan fingerprint density at radius 3 is 2.83 bits per heavy atom. The van der Waals surface area contributed by atoms with Crippen molar-refractivity contribution in [3.05, 3.63) is 24.0 Å². The summed E-state index contributed by atoms with van der Waals surface area (Å²) in [6.07, 6.45) is 5.14. The fraction of sp³-hybridized carbons (Fsp3) is 0.556. The van der Waals surface area contributed by atoms with Gasteiger partial charge >= 0.3 is 0 Å². The normalized spacial score (nSPS) is 45.7. The van der Waals surface area contributed by atoms with Gasteiger partial charge in [0.25, 0.3) is 0 Å². The molecule has 12 heavy (non-hydrogen) atoms. The number of hydrogen-bond acceptors (Lipinski definition) is 3. The van der Waals surface area contributed by atoms with Crippen LogP contribution in [0.25, 0.3) is 0 Å². The molecule has 0 spiro atoms. The quantitative estimate of drug-likeness (QED) is 0.572. The zero-order valence-electron chi connectivity index (χ0n) is 6.90. The Balaban J connectivity index is 2.13. The van der Waals surface area contributed by atoms with Gasteiger partial charge in [0.15, 0.2) is 0 Å². The van der Waals surface area contributed by atoms with E-state index in [2.05, 4.69) is 0 Å². The maximum atomic E-state index is 9.94. The van der Waals surface area contributed by atoms with E-state index in [4.69, 9.17) is 4.74 Å². The van der Waals surface area contributed by atoms with Gasteiger partial charge in [-0.1, -0.05) is 6.08 Å². The molecular weight excluding hydrogens is 156 g/mol. The predicted octanol–water partition coefficient (Wildman–Crippen LogP) is 0.907. The van der Waals surface area contributed by atoms with E-state index in [1.807, 2.05) is 6.92 Å². The molecule has 1 saturated heterocycles. The van der Waals surface area contributed by atoms with Crippen LogP contribution in [0.4, 0.5) is 0 Å². The standard InChI is InChI=1S/C9H12O3/c1-6-8(12-6)9(11)4-2-3-7(10)5-9/h2-4,6,8,10-11H,5H2,1H3. The highest BCUT2D eigenvalue weighted by Crippen LogP contribution is 2.38. The Kier molecular flexibility index (Phi) is 1.53. The molecule has 0 aromatic rings. The molecule has 2 N–H and O–H groups in total. The van der Waals surface area contributed by atoms with E-state index in [0.29, 0.717) is 0 Å².